The molecule has 3 nitrogen and oxygen atoms in total. The van der Waals surface area contributed by atoms with Crippen molar-refractivity contribution < 1.29 is 9.18 Å². The molecule has 3 rings (SSSR count). The fourth-order valence-corrected chi connectivity index (χ4v) is 3.66. The number of hydrogen-bond acceptors (Lipinski definition) is 3. The topological polar surface area (TPSA) is 42.0 Å². The summed E-state index contributed by atoms with van der Waals surface area (Å²) in [6, 6.07) is 10.3. The number of amides is 1. The average Bonchev–Trinajstić information content (AvgIpc) is 3.00. The number of carbonyl (C=O) groups is 1. The predicted molar refractivity (Wildman–Crippen MR) is 100 cm³/mol. The number of aryl methyl sites for hydroxylation is 3. The quantitative estimate of drug-likeness (QED) is 0.712. The van der Waals surface area contributed by atoms with Crippen LogP contribution in [0.15, 0.2) is 41.8 Å². The van der Waals surface area contributed by atoms with E-state index in [1.165, 1.54) is 29.0 Å². The molecule has 0 saturated carbocycles. The highest BCUT2D eigenvalue weighted by molar-refractivity contribution is 7.13. The minimum absolute atomic E-state index is 0.0917. The van der Waals surface area contributed by atoms with Gasteiger partial charge in [-0.05, 0) is 56.2 Å². The Morgan fingerprint density at radius 1 is 1.12 bits per heavy atom. The van der Waals surface area contributed by atoms with Crippen LogP contribution in [0.2, 0.25) is 0 Å². The summed E-state index contributed by atoms with van der Waals surface area (Å²) in [5.74, 6) is -0.366. The Morgan fingerprint density at radius 3 is 2.40 bits per heavy atom. The number of nitrogens with one attached hydrogen (secondary N) is 1. The molecule has 25 heavy (non-hydrogen) atoms. The standard InChI is InChI=1S/C20H19FN2OS/c1-12-8-13(2)19(14(3)9-12)23-18(24)10-17-11-25-20(22-17)15-4-6-16(21)7-5-15/h4-9,11H,10H2,1-3H3,(H,23,24). The second kappa shape index (κ2) is 7.15. The molecule has 1 heterocycles. The van der Waals surface area contributed by atoms with Crippen LogP contribution >= 0.6 is 11.3 Å². The Labute approximate surface area is 150 Å². The smallest absolute Gasteiger partial charge is 0.230 e. The minimum Gasteiger partial charge on any atom is -0.325 e. The number of thiazole rings is 1. The maximum absolute atomic E-state index is 13.0. The van der Waals surface area contributed by atoms with Crippen LogP contribution in [-0.4, -0.2) is 10.9 Å². The molecule has 0 aliphatic heterocycles. The summed E-state index contributed by atoms with van der Waals surface area (Å²) in [4.78, 5) is 16.9. The van der Waals surface area contributed by atoms with Gasteiger partial charge in [-0.1, -0.05) is 17.7 Å². The third-order valence-electron chi connectivity index (χ3n) is 3.93. The molecule has 0 bridgehead atoms. The Balaban J connectivity index is 1.71. The molecule has 2 aromatic carbocycles. The Kier molecular flexibility index (Phi) is 4.95. The van der Waals surface area contributed by atoms with E-state index in [1.54, 1.807) is 12.1 Å². The first-order valence-corrected chi connectivity index (χ1v) is 8.88. The molecule has 1 aromatic heterocycles. The highest BCUT2D eigenvalue weighted by Gasteiger charge is 2.12. The number of benzene rings is 2. The molecular weight excluding hydrogens is 335 g/mol. The van der Waals surface area contributed by atoms with Gasteiger partial charge in [-0.15, -0.1) is 11.3 Å². The van der Waals surface area contributed by atoms with Gasteiger partial charge in [0.15, 0.2) is 0 Å². The fourth-order valence-electron chi connectivity index (χ4n) is 2.84. The van der Waals surface area contributed by atoms with E-state index in [0.29, 0.717) is 5.69 Å². The normalized spacial score (nSPS) is 10.7. The summed E-state index contributed by atoms with van der Waals surface area (Å²) >= 11 is 1.45. The van der Waals surface area contributed by atoms with Crippen molar-refractivity contribution in [3.05, 3.63) is 70.0 Å². The van der Waals surface area contributed by atoms with E-state index in [-0.39, 0.29) is 18.1 Å². The molecule has 0 unspecified atom stereocenters. The molecule has 0 atom stereocenters. The van der Waals surface area contributed by atoms with Crippen molar-refractivity contribution in [3.63, 3.8) is 0 Å². The molecule has 1 amide bonds. The van der Waals surface area contributed by atoms with Crippen molar-refractivity contribution in [1.82, 2.24) is 4.98 Å². The van der Waals surface area contributed by atoms with Crippen LogP contribution in [0, 0.1) is 26.6 Å². The van der Waals surface area contributed by atoms with Gasteiger partial charge in [0.1, 0.15) is 10.8 Å². The summed E-state index contributed by atoms with van der Waals surface area (Å²) in [7, 11) is 0. The minimum atomic E-state index is -0.274. The van der Waals surface area contributed by atoms with Crippen LogP contribution in [0.5, 0.6) is 0 Å². The molecule has 3 aromatic rings. The van der Waals surface area contributed by atoms with Gasteiger partial charge in [0.25, 0.3) is 0 Å². The molecule has 0 aliphatic carbocycles. The molecule has 128 valence electrons. The second-order valence-corrected chi connectivity index (χ2v) is 7.01. The largest absolute Gasteiger partial charge is 0.325 e. The van der Waals surface area contributed by atoms with Crippen LogP contribution in [0.3, 0.4) is 0 Å². The molecule has 5 heteroatoms. The summed E-state index contributed by atoms with van der Waals surface area (Å²) in [6.07, 6.45) is 0.213. The van der Waals surface area contributed by atoms with Crippen molar-refractivity contribution in [2.75, 3.05) is 5.32 Å². The highest BCUT2D eigenvalue weighted by Crippen LogP contribution is 2.25. The summed E-state index contributed by atoms with van der Waals surface area (Å²) < 4.78 is 13.0. The van der Waals surface area contributed by atoms with Gasteiger partial charge < -0.3 is 5.32 Å². The summed E-state index contributed by atoms with van der Waals surface area (Å²) in [5.41, 5.74) is 5.71. The molecule has 0 spiro atoms. The number of nitrogens with zero attached hydrogens (tertiary/aromatic N) is 1. The number of carbonyl (C=O) groups excluding carboxylic acids is 1. The lowest BCUT2D eigenvalue weighted by atomic mass is 10.0. The summed E-state index contributed by atoms with van der Waals surface area (Å²) in [5, 5.41) is 5.64. The third kappa shape index (κ3) is 4.12. The van der Waals surface area contributed by atoms with Crippen molar-refractivity contribution in [2.45, 2.75) is 27.2 Å². The first-order valence-electron chi connectivity index (χ1n) is 8.00. The van der Waals surface area contributed by atoms with E-state index in [9.17, 15) is 9.18 Å². The van der Waals surface area contributed by atoms with E-state index in [0.717, 1.165) is 27.4 Å². The fraction of sp³-hybridized carbons (Fsp3) is 0.200. The van der Waals surface area contributed by atoms with Crippen LogP contribution < -0.4 is 5.32 Å². The van der Waals surface area contributed by atoms with E-state index in [1.807, 2.05) is 26.2 Å². The predicted octanol–water partition coefficient (Wildman–Crippen LogP) is 5.06. The molecular formula is C20H19FN2OS. The first kappa shape index (κ1) is 17.3. The highest BCUT2D eigenvalue weighted by atomic mass is 32.1. The number of hydrogen-bond donors (Lipinski definition) is 1. The van der Waals surface area contributed by atoms with Crippen LogP contribution in [0.25, 0.3) is 10.6 Å². The monoisotopic (exact) mass is 354 g/mol. The molecule has 0 aliphatic rings. The zero-order chi connectivity index (χ0) is 18.0. The Bertz CT molecular complexity index is 893. The van der Waals surface area contributed by atoms with Crippen molar-refractivity contribution in [3.8, 4) is 10.6 Å². The number of rotatable bonds is 4. The first-order chi connectivity index (χ1) is 11.9. The van der Waals surface area contributed by atoms with Crippen molar-refractivity contribution in [1.29, 1.82) is 0 Å². The number of halogens is 1. The van der Waals surface area contributed by atoms with E-state index >= 15 is 0 Å². The molecule has 1 N–H and O–H groups in total. The Hall–Kier alpha value is -2.53. The SMILES string of the molecule is Cc1cc(C)c(NC(=O)Cc2csc(-c3ccc(F)cc3)n2)c(C)c1. The lowest BCUT2D eigenvalue weighted by molar-refractivity contribution is -0.115. The Morgan fingerprint density at radius 2 is 1.76 bits per heavy atom. The van der Waals surface area contributed by atoms with Crippen LogP contribution in [-0.2, 0) is 11.2 Å². The van der Waals surface area contributed by atoms with Gasteiger partial charge in [-0.3, -0.25) is 4.79 Å². The zero-order valence-electron chi connectivity index (χ0n) is 14.4. The van der Waals surface area contributed by atoms with Gasteiger partial charge in [-0.2, -0.15) is 0 Å². The second-order valence-electron chi connectivity index (χ2n) is 6.15. The maximum Gasteiger partial charge on any atom is 0.230 e. The van der Waals surface area contributed by atoms with Crippen LogP contribution in [0.1, 0.15) is 22.4 Å². The third-order valence-corrected chi connectivity index (χ3v) is 4.87. The number of aromatic nitrogens is 1. The van der Waals surface area contributed by atoms with E-state index in [4.69, 9.17) is 0 Å². The van der Waals surface area contributed by atoms with Crippen molar-refractivity contribution in [2.24, 2.45) is 0 Å². The van der Waals surface area contributed by atoms with Gasteiger partial charge in [0.2, 0.25) is 5.91 Å². The van der Waals surface area contributed by atoms with Gasteiger partial charge in [0, 0.05) is 16.6 Å². The van der Waals surface area contributed by atoms with Gasteiger partial charge in [-0.25, -0.2) is 9.37 Å². The number of anilines is 1. The maximum atomic E-state index is 13.0. The lowest BCUT2D eigenvalue weighted by Gasteiger charge is -2.12. The van der Waals surface area contributed by atoms with Gasteiger partial charge >= 0.3 is 0 Å². The van der Waals surface area contributed by atoms with Crippen molar-refractivity contribution >= 4 is 22.9 Å². The molecule has 0 saturated heterocycles. The van der Waals surface area contributed by atoms with E-state index in [2.05, 4.69) is 22.4 Å². The van der Waals surface area contributed by atoms with Crippen LogP contribution in [0.4, 0.5) is 10.1 Å². The van der Waals surface area contributed by atoms with Gasteiger partial charge in [0.05, 0.1) is 12.1 Å². The molecule has 0 fully saturated rings. The lowest BCUT2D eigenvalue weighted by Crippen LogP contribution is -2.16. The molecule has 0 radical (unpaired) electrons. The average molecular weight is 354 g/mol. The zero-order valence-corrected chi connectivity index (χ0v) is 15.2. The van der Waals surface area contributed by atoms with E-state index < -0.39 is 0 Å². The summed E-state index contributed by atoms with van der Waals surface area (Å²) in [6.45, 7) is 6.02.